The highest BCUT2D eigenvalue weighted by Crippen LogP contribution is 2.25. The number of carbonyl (C=O) groups is 1. The summed E-state index contributed by atoms with van der Waals surface area (Å²) in [5, 5.41) is 0.933. The second kappa shape index (κ2) is 5.38. The van der Waals surface area contributed by atoms with Crippen molar-refractivity contribution in [3.8, 4) is 0 Å². The number of methoxy groups -OCH3 is 1. The Morgan fingerprint density at radius 2 is 2.36 bits per heavy atom. The Bertz CT molecular complexity index is 348. The van der Waals surface area contributed by atoms with Gasteiger partial charge in [-0.05, 0) is 11.6 Å². The van der Waals surface area contributed by atoms with Gasteiger partial charge in [0.05, 0.1) is 24.1 Å². The lowest BCUT2D eigenvalue weighted by Gasteiger charge is -2.01. The summed E-state index contributed by atoms with van der Waals surface area (Å²) in [6.45, 7) is 0. The van der Waals surface area contributed by atoms with Crippen LogP contribution in [0.15, 0.2) is 11.2 Å². The number of nitrogens with zero attached hydrogens (tertiary/aromatic N) is 2. The monoisotopic (exact) mass is 252 g/mol. The fourth-order valence-corrected chi connectivity index (χ4v) is 1.77. The van der Waals surface area contributed by atoms with Crippen LogP contribution in [-0.4, -0.2) is 28.8 Å². The van der Waals surface area contributed by atoms with Crippen molar-refractivity contribution >= 4 is 40.9 Å². The van der Waals surface area contributed by atoms with Crippen molar-refractivity contribution in [2.45, 2.75) is 5.03 Å². The summed E-state index contributed by atoms with van der Waals surface area (Å²) < 4.78 is 4.46. The van der Waals surface area contributed by atoms with E-state index in [9.17, 15) is 4.79 Å². The van der Waals surface area contributed by atoms with E-state index in [0.29, 0.717) is 10.0 Å². The predicted octanol–water partition coefficient (Wildman–Crippen LogP) is 2.05. The Balaban J connectivity index is 2.66. The number of thioether (sulfide) groups is 1. The number of aromatic nitrogens is 2. The lowest BCUT2D eigenvalue weighted by atomic mass is 10.7. The topological polar surface area (TPSA) is 52.1 Å². The van der Waals surface area contributed by atoms with Gasteiger partial charge in [-0.25, -0.2) is 9.97 Å². The highest BCUT2D eigenvalue weighted by atomic mass is 35.5. The molecule has 1 rings (SSSR count). The van der Waals surface area contributed by atoms with Gasteiger partial charge in [-0.2, -0.15) is 0 Å². The minimum absolute atomic E-state index is 0.0989. The average molecular weight is 253 g/mol. The average Bonchev–Trinajstić information content (AvgIpc) is 2.19. The van der Waals surface area contributed by atoms with Gasteiger partial charge in [0, 0.05) is 0 Å². The number of carbonyl (C=O) groups excluding carboxylic acids is 1. The molecule has 0 aliphatic rings. The van der Waals surface area contributed by atoms with Gasteiger partial charge in [0.2, 0.25) is 5.28 Å². The summed E-state index contributed by atoms with van der Waals surface area (Å²) in [5.41, 5.74) is 0. The van der Waals surface area contributed by atoms with E-state index in [0.717, 1.165) is 11.8 Å². The van der Waals surface area contributed by atoms with Crippen LogP contribution in [0.2, 0.25) is 10.3 Å². The van der Waals surface area contributed by atoms with Crippen molar-refractivity contribution in [2.24, 2.45) is 0 Å². The zero-order valence-corrected chi connectivity index (χ0v) is 9.49. The van der Waals surface area contributed by atoms with Crippen molar-refractivity contribution in [3.05, 3.63) is 16.5 Å². The first-order valence-corrected chi connectivity index (χ1v) is 5.25. The fourth-order valence-electron chi connectivity index (χ4n) is 0.619. The van der Waals surface area contributed by atoms with Crippen LogP contribution in [0.1, 0.15) is 0 Å². The molecular formula is C7H6Cl2N2O2S. The molecule has 1 heterocycles. The van der Waals surface area contributed by atoms with E-state index in [1.807, 2.05) is 0 Å². The molecule has 0 aliphatic heterocycles. The molecule has 0 aliphatic carbocycles. The van der Waals surface area contributed by atoms with Crippen LogP contribution in [0.5, 0.6) is 0 Å². The largest absolute Gasteiger partial charge is 0.468 e. The Labute approximate surface area is 95.0 Å². The molecule has 0 aromatic carbocycles. The number of hydrogen-bond donors (Lipinski definition) is 0. The van der Waals surface area contributed by atoms with E-state index in [-0.39, 0.29) is 17.0 Å². The van der Waals surface area contributed by atoms with Crippen molar-refractivity contribution in [3.63, 3.8) is 0 Å². The zero-order valence-electron chi connectivity index (χ0n) is 7.16. The summed E-state index contributed by atoms with van der Waals surface area (Å²) in [7, 11) is 1.32. The van der Waals surface area contributed by atoms with Gasteiger partial charge in [0.15, 0.2) is 0 Å². The number of halogens is 2. The van der Waals surface area contributed by atoms with E-state index in [1.165, 1.54) is 13.3 Å². The van der Waals surface area contributed by atoms with Crippen molar-refractivity contribution in [2.75, 3.05) is 12.9 Å². The molecule has 0 fully saturated rings. The Morgan fingerprint density at radius 1 is 1.64 bits per heavy atom. The van der Waals surface area contributed by atoms with Crippen molar-refractivity contribution in [1.29, 1.82) is 0 Å². The third kappa shape index (κ3) is 3.32. The molecule has 0 saturated heterocycles. The van der Waals surface area contributed by atoms with Gasteiger partial charge in [-0.3, -0.25) is 4.79 Å². The normalized spacial score (nSPS) is 9.93. The predicted molar refractivity (Wildman–Crippen MR) is 54.8 cm³/mol. The fraction of sp³-hybridized carbons (Fsp3) is 0.286. The van der Waals surface area contributed by atoms with Crippen LogP contribution in [0.25, 0.3) is 0 Å². The second-order valence-corrected chi connectivity index (χ2v) is 3.87. The molecule has 0 spiro atoms. The maximum atomic E-state index is 10.8. The number of rotatable bonds is 3. The molecule has 4 nitrogen and oxygen atoms in total. The number of esters is 1. The van der Waals surface area contributed by atoms with Gasteiger partial charge in [-0.1, -0.05) is 23.4 Å². The number of ether oxygens (including phenoxy) is 1. The summed E-state index contributed by atoms with van der Waals surface area (Å²) in [6, 6.07) is 0. The van der Waals surface area contributed by atoms with Crippen molar-refractivity contribution < 1.29 is 9.53 Å². The molecule has 7 heteroatoms. The van der Waals surface area contributed by atoms with Crippen molar-refractivity contribution in [1.82, 2.24) is 9.97 Å². The van der Waals surface area contributed by atoms with E-state index in [4.69, 9.17) is 23.2 Å². The Morgan fingerprint density at radius 3 is 3.00 bits per heavy atom. The molecular weight excluding hydrogens is 247 g/mol. The minimum Gasteiger partial charge on any atom is -0.468 e. The van der Waals surface area contributed by atoms with Gasteiger partial charge in [-0.15, -0.1) is 0 Å². The molecule has 76 valence electrons. The SMILES string of the molecule is COC(=O)CSc1nc(Cl)ncc1Cl. The smallest absolute Gasteiger partial charge is 0.316 e. The van der Waals surface area contributed by atoms with E-state index in [1.54, 1.807) is 0 Å². The molecule has 0 radical (unpaired) electrons. The molecule has 0 amide bonds. The lowest BCUT2D eigenvalue weighted by molar-refractivity contribution is -0.137. The zero-order chi connectivity index (χ0) is 10.6. The highest BCUT2D eigenvalue weighted by molar-refractivity contribution is 8.00. The van der Waals surface area contributed by atoms with Crippen LogP contribution in [-0.2, 0) is 9.53 Å². The lowest BCUT2D eigenvalue weighted by Crippen LogP contribution is -2.03. The van der Waals surface area contributed by atoms with Gasteiger partial charge in [0.1, 0.15) is 5.03 Å². The summed E-state index contributed by atoms with van der Waals surface area (Å²) >= 11 is 12.5. The second-order valence-electron chi connectivity index (χ2n) is 2.16. The van der Waals surface area contributed by atoms with Gasteiger partial charge in [0.25, 0.3) is 0 Å². The van der Waals surface area contributed by atoms with E-state index >= 15 is 0 Å². The van der Waals surface area contributed by atoms with Gasteiger partial charge < -0.3 is 4.74 Å². The van der Waals surface area contributed by atoms with Crippen LogP contribution >= 0.6 is 35.0 Å². The maximum Gasteiger partial charge on any atom is 0.316 e. The molecule has 0 atom stereocenters. The molecule has 0 bridgehead atoms. The number of hydrogen-bond acceptors (Lipinski definition) is 5. The van der Waals surface area contributed by atoms with E-state index < -0.39 is 0 Å². The molecule has 0 saturated carbocycles. The molecule has 14 heavy (non-hydrogen) atoms. The summed E-state index contributed by atoms with van der Waals surface area (Å²) in [5.74, 6) is -0.204. The Kier molecular flexibility index (Phi) is 4.44. The van der Waals surface area contributed by atoms with Crippen LogP contribution in [0, 0.1) is 0 Å². The van der Waals surface area contributed by atoms with E-state index in [2.05, 4.69) is 14.7 Å². The quantitative estimate of drug-likeness (QED) is 0.357. The van der Waals surface area contributed by atoms with Crippen LogP contribution in [0.4, 0.5) is 0 Å². The van der Waals surface area contributed by atoms with Gasteiger partial charge >= 0.3 is 5.97 Å². The standard InChI is InChI=1S/C7H6Cl2N2O2S/c1-13-5(12)3-14-6-4(8)2-10-7(9)11-6/h2H,3H2,1H3. The maximum absolute atomic E-state index is 10.8. The highest BCUT2D eigenvalue weighted by Gasteiger charge is 2.08. The summed E-state index contributed by atoms with van der Waals surface area (Å²) in [4.78, 5) is 18.4. The molecule has 0 N–H and O–H groups in total. The molecule has 0 unspecified atom stereocenters. The summed E-state index contributed by atoms with van der Waals surface area (Å²) in [6.07, 6.45) is 1.39. The van der Waals surface area contributed by atoms with Crippen LogP contribution < -0.4 is 0 Å². The third-order valence-corrected chi connectivity index (χ3v) is 2.77. The Hall–Kier alpha value is -0.520. The molecule has 1 aromatic heterocycles. The third-order valence-electron chi connectivity index (χ3n) is 1.24. The first-order valence-electron chi connectivity index (χ1n) is 3.51. The first kappa shape index (κ1) is 11.6. The first-order chi connectivity index (χ1) is 6.63. The van der Waals surface area contributed by atoms with Crippen LogP contribution in [0.3, 0.4) is 0 Å². The minimum atomic E-state index is -0.346. The molecule has 1 aromatic rings.